The quantitative estimate of drug-likeness (QED) is 0.195. The van der Waals surface area contributed by atoms with Crippen LogP contribution in [-0.2, 0) is 5.41 Å². The number of fused-ring (bicyclic) bond motifs is 6. The molecule has 0 atom stereocenters. The van der Waals surface area contributed by atoms with Crippen molar-refractivity contribution in [1.82, 2.24) is 0 Å². The zero-order valence-electron chi connectivity index (χ0n) is 23.3. The van der Waals surface area contributed by atoms with Crippen LogP contribution in [0.5, 0.6) is 0 Å². The molecule has 1 aromatic heterocycles. The van der Waals surface area contributed by atoms with Crippen molar-refractivity contribution < 1.29 is 0 Å². The van der Waals surface area contributed by atoms with Crippen molar-refractivity contribution >= 4 is 43.7 Å². The Morgan fingerprint density at radius 3 is 1.90 bits per heavy atom. The molecule has 1 heteroatoms. The summed E-state index contributed by atoms with van der Waals surface area (Å²) in [6.07, 6.45) is 0. The van der Waals surface area contributed by atoms with E-state index in [-0.39, 0.29) is 5.41 Å². The van der Waals surface area contributed by atoms with Gasteiger partial charge in [-0.3, -0.25) is 0 Å². The summed E-state index contributed by atoms with van der Waals surface area (Å²) in [7, 11) is 0. The van der Waals surface area contributed by atoms with E-state index in [9.17, 15) is 0 Å². The van der Waals surface area contributed by atoms with Gasteiger partial charge in [-0.15, -0.1) is 11.3 Å². The van der Waals surface area contributed by atoms with Crippen LogP contribution in [0.4, 0.5) is 0 Å². The van der Waals surface area contributed by atoms with E-state index in [0.717, 1.165) is 0 Å². The average Bonchev–Trinajstić information content (AvgIpc) is 3.45. The Bertz CT molecular complexity index is 2100. The van der Waals surface area contributed by atoms with Crippen molar-refractivity contribution in [3.63, 3.8) is 0 Å². The standard InChI is InChI=1S/C39H30S/c1-23-16-18-27-25(20-23)10-9-15-28(27)37-31-13-7-5-11-29(31)36(30-12-6-8-14-32(30)37)26-17-19-33-34(22-26)39(3,4)35-21-24(2)40-38(33)35/h5-22H,1-4H3. The van der Waals surface area contributed by atoms with Crippen LogP contribution in [0.3, 0.4) is 0 Å². The van der Waals surface area contributed by atoms with Gasteiger partial charge < -0.3 is 0 Å². The van der Waals surface area contributed by atoms with Crippen LogP contribution in [0.2, 0.25) is 0 Å². The molecule has 1 aliphatic rings. The van der Waals surface area contributed by atoms with E-state index in [2.05, 4.69) is 137 Å². The lowest BCUT2D eigenvalue weighted by atomic mass is 9.80. The zero-order chi connectivity index (χ0) is 27.2. The van der Waals surface area contributed by atoms with Crippen LogP contribution < -0.4 is 0 Å². The lowest BCUT2D eigenvalue weighted by molar-refractivity contribution is 0.661. The second-order valence-electron chi connectivity index (χ2n) is 11.9. The molecule has 192 valence electrons. The highest BCUT2D eigenvalue weighted by Crippen LogP contribution is 2.54. The Labute approximate surface area is 239 Å². The summed E-state index contributed by atoms with van der Waals surface area (Å²) >= 11 is 1.93. The number of aryl methyl sites for hydroxylation is 2. The molecule has 0 unspecified atom stereocenters. The Hall–Kier alpha value is -4.20. The summed E-state index contributed by atoms with van der Waals surface area (Å²) in [5, 5.41) is 7.82. The summed E-state index contributed by atoms with van der Waals surface area (Å²) in [6.45, 7) is 9.16. The third-order valence-electron chi connectivity index (χ3n) is 8.99. The molecule has 0 saturated heterocycles. The van der Waals surface area contributed by atoms with Gasteiger partial charge in [0.05, 0.1) is 0 Å². The van der Waals surface area contributed by atoms with Crippen LogP contribution in [0.15, 0.2) is 109 Å². The first-order valence-corrected chi connectivity index (χ1v) is 14.9. The Morgan fingerprint density at radius 2 is 1.20 bits per heavy atom. The van der Waals surface area contributed by atoms with Crippen molar-refractivity contribution in [2.75, 3.05) is 0 Å². The highest BCUT2D eigenvalue weighted by molar-refractivity contribution is 7.15. The van der Waals surface area contributed by atoms with E-state index in [4.69, 9.17) is 0 Å². The smallest absolute Gasteiger partial charge is 0.0389 e. The first kappa shape index (κ1) is 23.7. The largest absolute Gasteiger partial charge is 0.140 e. The van der Waals surface area contributed by atoms with Gasteiger partial charge in [-0.1, -0.05) is 116 Å². The van der Waals surface area contributed by atoms with E-state index in [1.807, 2.05) is 11.3 Å². The third kappa shape index (κ3) is 3.25. The van der Waals surface area contributed by atoms with Gasteiger partial charge in [0.15, 0.2) is 0 Å². The normalized spacial score (nSPS) is 13.7. The lowest BCUT2D eigenvalue weighted by Gasteiger charge is -2.23. The maximum atomic E-state index is 2.48. The molecule has 8 rings (SSSR count). The van der Waals surface area contributed by atoms with Crippen LogP contribution in [-0.4, -0.2) is 0 Å². The van der Waals surface area contributed by atoms with Crippen molar-refractivity contribution in [2.45, 2.75) is 33.1 Å². The Kier molecular flexibility index (Phi) is 4.97. The molecule has 7 aromatic rings. The molecule has 6 aromatic carbocycles. The fourth-order valence-corrected chi connectivity index (χ4v) is 8.30. The molecular weight excluding hydrogens is 500 g/mol. The van der Waals surface area contributed by atoms with Gasteiger partial charge in [0.2, 0.25) is 0 Å². The van der Waals surface area contributed by atoms with E-state index in [0.29, 0.717) is 0 Å². The predicted octanol–water partition coefficient (Wildman–Crippen LogP) is 11.5. The average molecular weight is 531 g/mol. The van der Waals surface area contributed by atoms with E-state index in [1.165, 1.54) is 86.6 Å². The molecule has 0 aliphatic heterocycles. The van der Waals surface area contributed by atoms with E-state index in [1.54, 1.807) is 0 Å². The topological polar surface area (TPSA) is 0 Å². The summed E-state index contributed by atoms with van der Waals surface area (Å²) in [4.78, 5) is 2.84. The number of thiophene rings is 1. The molecule has 1 heterocycles. The van der Waals surface area contributed by atoms with Crippen molar-refractivity contribution in [1.29, 1.82) is 0 Å². The van der Waals surface area contributed by atoms with E-state index >= 15 is 0 Å². The molecule has 1 aliphatic carbocycles. The van der Waals surface area contributed by atoms with Crippen molar-refractivity contribution in [3.05, 3.63) is 131 Å². The summed E-state index contributed by atoms with van der Waals surface area (Å²) < 4.78 is 0. The first-order valence-electron chi connectivity index (χ1n) is 14.1. The SMILES string of the molecule is Cc1ccc2c(-c3c4ccccc4c(-c4ccc5c(c4)C(C)(C)c4cc(C)sc4-5)c4ccccc34)cccc2c1. The van der Waals surface area contributed by atoms with Gasteiger partial charge >= 0.3 is 0 Å². The number of hydrogen-bond acceptors (Lipinski definition) is 1. The minimum Gasteiger partial charge on any atom is -0.140 e. The highest BCUT2D eigenvalue weighted by atomic mass is 32.1. The van der Waals surface area contributed by atoms with Crippen LogP contribution in [0, 0.1) is 13.8 Å². The summed E-state index contributed by atoms with van der Waals surface area (Å²) in [5.74, 6) is 0. The van der Waals surface area contributed by atoms with E-state index < -0.39 is 0 Å². The molecule has 0 N–H and O–H groups in total. The van der Waals surface area contributed by atoms with Crippen LogP contribution >= 0.6 is 11.3 Å². The molecule has 0 radical (unpaired) electrons. The van der Waals surface area contributed by atoms with Crippen LogP contribution in [0.25, 0.3) is 65.0 Å². The van der Waals surface area contributed by atoms with Gasteiger partial charge in [0.25, 0.3) is 0 Å². The molecule has 0 nitrogen and oxygen atoms in total. The monoisotopic (exact) mass is 530 g/mol. The molecule has 0 fully saturated rings. The van der Waals surface area contributed by atoms with Gasteiger partial charge in [-0.05, 0) is 97.2 Å². The lowest BCUT2D eigenvalue weighted by Crippen LogP contribution is -2.14. The maximum Gasteiger partial charge on any atom is 0.0389 e. The highest BCUT2D eigenvalue weighted by Gasteiger charge is 2.37. The summed E-state index contributed by atoms with van der Waals surface area (Å²) in [6, 6.07) is 41.2. The number of hydrogen-bond donors (Lipinski definition) is 0. The molecule has 0 saturated carbocycles. The minimum absolute atomic E-state index is 0.00191. The first-order chi connectivity index (χ1) is 19.4. The second-order valence-corrected chi connectivity index (χ2v) is 13.1. The molecule has 0 spiro atoms. The Balaban J connectivity index is 1.46. The van der Waals surface area contributed by atoms with Gasteiger partial charge in [0.1, 0.15) is 0 Å². The third-order valence-corrected chi connectivity index (χ3v) is 10.1. The molecule has 0 bridgehead atoms. The van der Waals surface area contributed by atoms with Gasteiger partial charge in [0, 0.05) is 15.2 Å². The zero-order valence-corrected chi connectivity index (χ0v) is 24.1. The van der Waals surface area contributed by atoms with Gasteiger partial charge in [-0.25, -0.2) is 0 Å². The maximum absolute atomic E-state index is 2.48. The second kappa shape index (κ2) is 8.40. The fraction of sp³-hybridized carbons (Fsp3) is 0.128. The predicted molar refractivity (Wildman–Crippen MR) is 175 cm³/mol. The molecular formula is C39H30S. The van der Waals surface area contributed by atoms with Crippen molar-refractivity contribution in [3.8, 4) is 32.7 Å². The molecule has 40 heavy (non-hydrogen) atoms. The Morgan fingerprint density at radius 1 is 0.525 bits per heavy atom. The summed E-state index contributed by atoms with van der Waals surface area (Å²) in [5.41, 5.74) is 10.8. The van der Waals surface area contributed by atoms with Gasteiger partial charge in [-0.2, -0.15) is 0 Å². The fourth-order valence-electron chi connectivity index (χ4n) is 7.09. The van der Waals surface area contributed by atoms with Crippen LogP contribution in [0.1, 0.15) is 35.4 Å². The molecule has 0 amide bonds. The minimum atomic E-state index is -0.00191. The number of benzene rings is 6. The number of rotatable bonds is 2. The van der Waals surface area contributed by atoms with Crippen molar-refractivity contribution in [2.24, 2.45) is 0 Å².